The van der Waals surface area contributed by atoms with Crippen molar-refractivity contribution in [2.75, 3.05) is 43.9 Å². The van der Waals surface area contributed by atoms with Crippen molar-refractivity contribution in [2.24, 2.45) is 0 Å². The highest BCUT2D eigenvalue weighted by atomic mass is 79.9. The fourth-order valence-electron chi connectivity index (χ4n) is 2.60. The second kappa shape index (κ2) is 6.69. The molecule has 2 unspecified atom stereocenters. The molecule has 0 radical (unpaired) electrons. The molecule has 0 bridgehead atoms. The molecule has 0 saturated carbocycles. The molecule has 0 aromatic carbocycles. The maximum Gasteiger partial charge on any atom is 0.148 e. The summed E-state index contributed by atoms with van der Waals surface area (Å²) in [4.78, 5) is 12.9. The minimum atomic E-state index is -0.301. The van der Waals surface area contributed by atoms with E-state index in [4.69, 9.17) is 0 Å². The van der Waals surface area contributed by atoms with E-state index in [1.54, 1.807) is 6.33 Å². The Balaban J connectivity index is 2.26. The Morgan fingerprint density at radius 2 is 2.25 bits per heavy atom. The first kappa shape index (κ1) is 15.5. The summed E-state index contributed by atoms with van der Waals surface area (Å²) >= 11 is 3.58. The summed E-state index contributed by atoms with van der Waals surface area (Å²) < 4.78 is 0.861. The van der Waals surface area contributed by atoms with Crippen molar-refractivity contribution in [1.82, 2.24) is 14.9 Å². The third-order valence-corrected chi connectivity index (χ3v) is 4.09. The minimum Gasteiger partial charge on any atom is -0.391 e. The lowest BCUT2D eigenvalue weighted by molar-refractivity contribution is 0.191. The number of hydrogen-bond donors (Lipinski definition) is 2. The molecule has 1 aromatic heterocycles. The molecule has 1 fully saturated rings. The summed E-state index contributed by atoms with van der Waals surface area (Å²) in [6.07, 6.45) is 2.03. The van der Waals surface area contributed by atoms with E-state index in [2.05, 4.69) is 41.0 Å². The molecular weight excluding hydrogens is 322 g/mol. The lowest BCUT2D eigenvalue weighted by Crippen LogP contribution is -2.38. The highest BCUT2D eigenvalue weighted by Gasteiger charge is 2.33. The van der Waals surface area contributed by atoms with Gasteiger partial charge in [-0.15, -0.1) is 0 Å². The molecule has 2 N–H and O–H groups in total. The van der Waals surface area contributed by atoms with Crippen molar-refractivity contribution >= 4 is 27.6 Å². The van der Waals surface area contributed by atoms with Gasteiger partial charge < -0.3 is 20.2 Å². The fraction of sp³-hybridized carbons (Fsp3) is 0.692. The molecule has 7 heteroatoms. The van der Waals surface area contributed by atoms with Crippen LogP contribution >= 0.6 is 15.9 Å². The standard InChI is InChI=1S/C13H22BrN5O/c1-4-15-12-11(14)13(17-8-16-12)19-7-10(20)5-9(19)6-18(2)3/h8-10,20H,4-7H2,1-3H3,(H,15,16,17). The summed E-state index contributed by atoms with van der Waals surface area (Å²) in [5.41, 5.74) is 0. The van der Waals surface area contributed by atoms with Crippen LogP contribution in [0.2, 0.25) is 0 Å². The van der Waals surface area contributed by atoms with Crippen LogP contribution in [0.4, 0.5) is 11.6 Å². The van der Waals surface area contributed by atoms with E-state index in [0.29, 0.717) is 6.54 Å². The number of anilines is 2. The Hall–Kier alpha value is -0.920. The summed E-state index contributed by atoms with van der Waals surface area (Å²) in [6, 6.07) is 0.265. The van der Waals surface area contributed by atoms with Gasteiger partial charge in [-0.05, 0) is 43.4 Å². The zero-order chi connectivity index (χ0) is 14.7. The molecule has 1 aromatic rings. The normalized spacial score (nSPS) is 22.6. The van der Waals surface area contributed by atoms with Gasteiger partial charge in [0.1, 0.15) is 22.4 Å². The van der Waals surface area contributed by atoms with E-state index in [1.165, 1.54) is 0 Å². The predicted octanol–water partition coefficient (Wildman–Crippen LogP) is 1.17. The number of likely N-dealkylation sites (N-methyl/N-ethyl adjacent to an activating group) is 1. The predicted molar refractivity (Wildman–Crippen MR) is 84.2 cm³/mol. The lowest BCUT2D eigenvalue weighted by Gasteiger charge is -2.28. The average Bonchev–Trinajstić information content (AvgIpc) is 2.72. The molecule has 2 atom stereocenters. The number of rotatable bonds is 5. The topological polar surface area (TPSA) is 64.5 Å². The van der Waals surface area contributed by atoms with Crippen molar-refractivity contribution in [2.45, 2.75) is 25.5 Å². The summed E-state index contributed by atoms with van der Waals surface area (Å²) in [7, 11) is 4.09. The first-order valence-corrected chi connectivity index (χ1v) is 7.66. The van der Waals surface area contributed by atoms with Crippen LogP contribution in [0.5, 0.6) is 0 Å². The molecule has 0 spiro atoms. The van der Waals surface area contributed by atoms with Gasteiger partial charge in [0.15, 0.2) is 0 Å². The van der Waals surface area contributed by atoms with Gasteiger partial charge in [-0.2, -0.15) is 0 Å². The highest BCUT2D eigenvalue weighted by Crippen LogP contribution is 2.33. The first-order chi connectivity index (χ1) is 9.52. The number of halogens is 1. The zero-order valence-electron chi connectivity index (χ0n) is 12.2. The molecule has 1 aliphatic heterocycles. The minimum absolute atomic E-state index is 0.265. The Morgan fingerprint density at radius 3 is 2.90 bits per heavy atom. The van der Waals surface area contributed by atoms with E-state index in [-0.39, 0.29) is 12.1 Å². The Bertz CT molecular complexity index is 456. The second-order valence-electron chi connectivity index (χ2n) is 5.35. The molecule has 20 heavy (non-hydrogen) atoms. The maximum atomic E-state index is 9.97. The van der Waals surface area contributed by atoms with Gasteiger partial charge in [-0.25, -0.2) is 9.97 Å². The molecule has 0 amide bonds. The van der Waals surface area contributed by atoms with Gasteiger partial charge in [-0.1, -0.05) is 0 Å². The van der Waals surface area contributed by atoms with Crippen molar-refractivity contribution in [3.63, 3.8) is 0 Å². The number of aromatic nitrogens is 2. The van der Waals surface area contributed by atoms with Crippen LogP contribution in [-0.4, -0.2) is 65.8 Å². The van der Waals surface area contributed by atoms with Crippen molar-refractivity contribution in [3.05, 3.63) is 10.8 Å². The first-order valence-electron chi connectivity index (χ1n) is 6.86. The smallest absolute Gasteiger partial charge is 0.148 e. The van der Waals surface area contributed by atoms with Gasteiger partial charge in [0.05, 0.1) is 6.10 Å². The van der Waals surface area contributed by atoms with Gasteiger partial charge in [-0.3, -0.25) is 0 Å². The second-order valence-corrected chi connectivity index (χ2v) is 6.14. The van der Waals surface area contributed by atoms with Crippen LogP contribution in [0.15, 0.2) is 10.8 Å². The van der Waals surface area contributed by atoms with Gasteiger partial charge >= 0.3 is 0 Å². The summed E-state index contributed by atoms with van der Waals surface area (Å²) in [6.45, 7) is 4.34. The number of nitrogens with zero attached hydrogens (tertiary/aromatic N) is 4. The monoisotopic (exact) mass is 343 g/mol. The zero-order valence-corrected chi connectivity index (χ0v) is 13.8. The van der Waals surface area contributed by atoms with Crippen molar-refractivity contribution < 1.29 is 5.11 Å². The molecular formula is C13H22BrN5O. The highest BCUT2D eigenvalue weighted by molar-refractivity contribution is 9.10. The number of hydrogen-bond acceptors (Lipinski definition) is 6. The summed E-state index contributed by atoms with van der Waals surface area (Å²) in [5.74, 6) is 1.64. The van der Waals surface area contributed by atoms with Crippen LogP contribution in [-0.2, 0) is 0 Å². The van der Waals surface area contributed by atoms with Crippen LogP contribution < -0.4 is 10.2 Å². The van der Waals surface area contributed by atoms with E-state index >= 15 is 0 Å². The van der Waals surface area contributed by atoms with E-state index in [0.717, 1.165) is 35.6 Å². The Morgan fingerprint density at radius 1 is 1.50 bits per heavy atom. The number of nitrogens with one attached hydrogen (secondary N) is 1. The molecule has 112 valence electrons. The van der Waals surface area contributed by atoms with E-state index < -0.39 is 0 Å². The van der Waals surface area contributed by atoms with E-state index in [1.807, 2.05) is 21.0 Å². The van der Waals surface area contributed by atoms with Gasteiger partial charge in [0.25, 0.3) is 0 Å². The third kappa shape index (κ3) is 3.39. The van der Waals surface area contributed by atoms with Gasteiger partial charge in [0, 0.05) is 25.7 Å². The van der Waals surface area contributed by atoms with Crippen molar-refractivity contribution in [1.29, 1.82) is 0 Å². The fourth-order valence-corrected chi connectivity index (χ4v) is 3.17. The van der Waals surface area contributed by atoms with Crippen LogP contribution in [0, 0.1) is 0 Å². The third-order valence-electron chi connectivity index (χ3n) is 3.36. The number of β-amino-alcohol motifs (C(OH)–C–C–N with tert-alkyl or cyclic N) is 1. The Labute approximate surface area is 128 Å². The number of aliphatic hydroxyl groups is 1. The largest absolute Gasteiger partial charge is 0.391 e. The SMILES string of the molecule is CCNc1ncnc(N2CC(O)CC2CN(C)C)c1Br. The lowest BCUT2D eigenvalue weighted by atomic mass is 10.2. The van der Waals surface area contributed by atoms with Crippen molar-refractivity contribution in [3.8, 4) is 0 Å². The van der Waals surface area contributed by atoms with Crippen LogP contribution in [0.1, 0.15) is 13.3 Å². The molecule has 0 aliphatic carbocycles. The molecule has 1 saturated heterocycles. The van der Waals surface area contributed by atoms with Gasteiger partial charge in [0.2, 0.25) is 0 Å². The summed E-state index contributed by atoms with van der Waals surface area (Å²) in [5, 5.41) is 13.2. The molecule has 2 rings (SSSR count). The quantitative estimate of drug-likeness (QED) is 0.836. The molecule has 1 aliphatic rings. The van der Waals surface area contributed by atoms with Crippen LogP contribution in [0.3, 0.4) is 0 Å². The molecule has 6 nitrogen and oxygen atoms in total. The molecule has 2 heterocycles. The maximum absolute atomic E-state index is 9.97. The van der Waals surface area contributed by atoms with E-state index in [9.17, 15) is 5.11 Å². The Kier molecular flexibility index (Phi) is 5.17. The van der Waals surface area contributed by atoms with Crippen LogP contribution in [0.25, 0.3) is 0 Å². The average molecular weight is 344 g/mol. The number of aliphatic hydroxyl groups excluding tert-OH is 1.